The van der Waals surface area contributed by atoms with Crippen molar-refractivity contribution in [3.8, 4) is 6.07 Å². The lowest BCUT2D eigenvalue weighted by Gasteiger charge is -2.07. The summed E-state index contributed by atoms with van der Waals surface area (Å²) in [6.45, 7) is 2.21. The van der Waals surface area contributed by atoms with Gasteiger partial charge in [-0.1, -0.05) is 5.16 Å². The van der Waals surface area contributed by atoms with Gasteiger partial charge in [0.15, 0.2) is 5.82 Å². The van der Waals surface area contributed by atoms with Crippen molar-refractivity contribution in [2.75, 3.05) is 11.1 Å². The molecule has 1 aromatic heterocycles. The first kappa shape index (κ1) is 11.9. The fraction of sp³-hybridized carbons (Fsp3) is 0.250. The molecule has 0 amide bonds. The highest BCUT2D eigenvalue weighted by Crippen LogP contribution is 2.18. The molecule has 0 aliphatic carbocycles. The summed E-state index contributed by atoms with van der Waals surface area (Å²) >= 11 is 0. The minimum atomic E-state index is 0.293. The minimum Gasteiger partial charge on any atom is -0.398 e. The Morgan fingerprint density at radius 3 is 3.00 bits per heavy atom. The van der Waals surface area contributed by atoms with Gasteiger partial charge in [-0.2, -0.15) is 10.2 Å². The number of nitrogen functional groups attached to an aromatic ring is 1. The summed E-state index contributed by atoms with van der Waals surface area (Å²) in [7, 11) is 0. The van der Waals surface area contributed by atoms with E-state index in [9.17, 15) is 0 Å². The number of anilines is 2. The third-order valence-corrected chi connectivity index (χ3v) is 2.43. The molecule has 6 heteroatoms. The van der Waals surface area contributed by atoms with Crippen molar-refractivity contribution in [1.29, 1.82) is 5.26 Å². The highest BCUT2D eigenvalue weighted by atomic mass is 16.5. The van der Waals surface area contributed by atoms with Crippen LogP contribution in [0, 0.1) is 18.3 Å². The van der Waals surface area contributed by atoms with E-state index in [4.69, 9.17) is 15.5 Å². The van der Waals surface area contributed by atoms with E-state index < -0.39 is 0 Å². The Bertz CT molecular complexity index is 584. The summed E-state index contributed by atoms with van der Waals surface area (Å²) < 4.78 is 4.99. The number of nitrogens with two attached hydrogens (primary N) is 1. The van der Waals surface area contributed by atoms with Crippen LogP contribution >= 0.6 is 0 Å². The highest BCUT2D eigenvalue weighted by Gasteiger charge is 2.04. The molecule has 2 rings (SSSR count). The van der Waals surface area contributed by atoms with Crippen LogP contribution in [0.1, 0.15) is 17.3 Å². The molecule has 0 bridgehead atoms. The number of benzene rings is 1. The highest BCUT2D eigenvalue weighted by molar-refractivity contribution is 5.57. The lowest BCUT2D eigenvalue weighted by atomic mass is 10.1. The number of rotatable bonds is 4. The van der Waals surface area contributed by atoms with Crippen molar-refractivity contribution in [3.63, 3.8) is 0 Å². The van der Waals surface area contributed by atoms with E-state index in [2.05, 4.69) is 21.5 Å². The molecule has 6 nitrogen and oxygen atoms in total. The van der Waals surface area contributed by atoms with Crippen LogP contribution in [0.25, 0.3) is 0 Å². The van der Waals surface area contributed by atoms with Crippen molar-refractivity contribution < 1.29 is 4.52 Å². The van der Waals surface area contributed by atoms with Gasteiger partial charge in [0.2, 0.25) is 5.89 Å². The van der Waals surface area contributed by atoms with E-state index in [0.29, 0.717) is 30.4 Å². The number of hydrogen-bond donors (Lipinski definition) is 2. The van der Waals surface area contributed by atoms with Gasteiger partial charge in [0.25, 0.3) is 0 Å². The van der Waals surface area contributed by atoms with Crippen LogP contribution in [0.3, 0.4) is 0 Å². The van der Waals surface area contributed by atoms with E-state index in [1.54, 1.807) is 13.0 Å². The van der Waals surface area contributed by atoms with Crippen molar-refractivity contribution in [3.05, 3.63) is 35.5 Å². The quantitative estimate of drug-likeness (QED) is 0.791. The average Bonchev–Trinajstić information content (AvgIpc) is 2.76. The summed E-state index contributed by atoms with van der Waals surface area (Å²) in [6, 6.07) is 7.55. The van der Waals surface area contributed by atoms with Crippen molar-refractivity contribution in [1.82, 2.24) is 10.1 Å². The smallest absolute Gasteiger partial charge is 0.245 e. The molecule has 0 radical (unpaired) electrons. The van der Waals surface area contributed by atoms with Gasteiger partial charge in [0.05, 0.1) is 19.0 Å². The molecule has 0 saturated heterocycles. The maximum atomic E-state index is 8.69. The van der Waals surface area contributed by atoms with E-state index in [0.717, 1.165) is 11.3 Å². The Morgan fingerprint density at radius 1 is 1.50 bits per heavy atom. The Balaban J connectivity index is 2.05. The van der Waals surface area contributed by atoms with Gasteiger partial charge < -0.3 is 15.6 Å². The second-order valence-electron chi connectivity index (χ2n) is 3.84. The number of aromatic nitrogens is 2. The lowest BCUT2D eigenvalue weighted by molar-refractivity contribution is 0.379. The first-order chi connectivity index (χ1) is 8.69. The largest absolute Gasteiger partial charge is 0.398 e. The SMILES string of the molecule is Cc1noc(CNc2ccc(N)c(CC#N)c2)n1. The summed E-state index contributed by atoms with van der Waals surface area (Å²) in [5.74, 6) is 1.13. The zero-order valence-corrected chi connectivity index (χ0v) is 9.97. The molecule has 0 aliphatic heterocycles. The van der Waals surface area contributed by atoms with Gasteiger partial charge in [-0.25, -0.2) is 0 Å². The van der Waals surface area contributed by atoms with Gasteiger partial charge in [0.1, 0.15) is 0 Å². The van der Waals surface area contributed by atoms with Crippen LogP contribution in [0.4, 0.5) is 11.4 Å². The summed E-state index contributed by atoms with van der Waals surface area (Å²) in [6.07, 6.45) is 0.293. The number of hydrogen-bond acceptors (Lipinski definition) is 6. The maximum absolute atomic E-state index is 8.69. The molecular formula is C12H13N5O. The Labute approximate surface area is 104 Å². The Hall–Kier alpha value is -2.55. The summed E-state index contributed by atoms with van der Waals surface area (Å²) in [5, 5.41) is 15.5. The van der Waals surface area contributed by atoms with Gasteiger partial charge in [0, 0.05) is 11.4 Å². The maximum Gasteiger partial charge on any atom is 0.245 e. The molecule has 1 heterocycles. The number of aryl methyl sites for hydroxylation is 1. The Kier molecular flexibility index (Phi) is 3.44. The molecule has 2 aromatic rings. The first-order valence-corrected chi connectivity index (χ1v) is 5.47. The normalized spacial score (nSPS) is 10.0. The Morgan fingerprint density at radius 2 is 2.33 bits per heavy atom. The molecule has 0 unspecified atom stereocenters. The fourth-order valence-electron chi connectivity index (χ4n) is 1.54. The molecular weight excluding hydrogens is 230 g/mol. The molecule has 0 atom stereocenters. The third kappa shape index (κ3) is 2.77. The number of nitrogens with zero attached hydrogens (tertiary/aromatic N) is 3. The lowest BCUT2D eigenvalue weighted by Crippen LogP contribution is -2.01. The van der Waals surface area contributed by atoms with Gasteiger partial charge in [-0.15, -0.1) is 0 Å². The van der Waals surface area contributed by atoms with Crippen LogP contribution in [-0.2, 0) is 13.0 Å². The van der Waals surface area contributed by atoms with Crippen LogP contribution in [0.5, 0.6) is 0 Å². The van der Waals surface area contributed by atoms with Gasteiger partial charge in [-0.3, -0.25) is 0 Å². The van der Waals surface area contributed by atoms with Crippen LogP contribution in [-0.4, -0.2) is 10.1 Å². The van der Waals surface area contributed by atoms with Gasteiger partial charge in [-0.05, 0) is 30.7 Å². The topological polar surface area (TPSA) is 101 Å². The molecule has 0 spiro atoms. The molecule has 3 N–H and O–H groups in total. The van der Waals surface area contributed by atoms with E-state index in [1.807, 2.05) is 12.1 Å². The van der Waals surface area contributed by atoms with Crippen molar-refractivity contribution in [2.24, 2.45) is 0 Å². The monoisotopic (exact) mass is 243 g/mol. The van der Waals surface area contributed by atoms with Gasteiger partial charge >= 0.3 is 0 Å². The molecule has 0 fully saturated rings. The van der Waals surface area contributed by atoms with E-state index in [1.165, 1.54) is 0 Å². The average molecular weight is 243 g/mol. The molecule has 92 valence electrons. The summed E-state index contributed by atoms with van der Waals surface area (Å²) in [5.41, 5.74) is 8.06. The standard InChI is InChI=1S/C12H13N5O/c1-8-16-12(18-17-8)7-15-10-2-3-11(14)9(6-10)4-5-13/h2-3,6,15H,4,7,14H2,1H3. The van der Waals surface area contributed by atoms with E-state index in [-0.39, 0.29) is 0 Å². The third-order valence-electron chi connectivity index (χ3n) is 2.43. The zero-order valence-electron chi connectivity index (χ0n) is 9.97. The predicted octanol–water partition coefficient (Wildman–Crippen LogP) is 1.64. The molecule has 0 saturated carbocycles. The predicted molar refractivity (Wildman–Crippen MR) is 66.5 cm³/mol. The van der Waals surface area contributed by atoms with Crippen molar-refractivity contribution in [2.45, 2.75) is 19.9 Å². The molecule has 1 aromatic carbocycles. The van der Waals surface area contributed by atoms with Crippen LogP contribution in [0.15, 0.2) is 22.7 Å². The second kappa shape index (κ2) is 5.19. The molecule has 18 heavy (non-hydrogen) atoms. The number of nitrogens with one attached hydrogen (secondary N) is 1. The zero-order chi connectivity index (χ0) is 13.0. The minimum absolute atomic E-state index is 0.293. The summed E-state index contributed by atoms with van der Waals surface area (Å²) in [4.78, 5) is 4.08. The second-order valence-corrected chi connectivity index (χ2v) is 3.84. The first-order valence-electron chi connectivity index (χ1n) is 5.47. The van der Waals surface area contributed by atoms with E-state index >= 15 is 0 Å². The molecule has 0 aliphatic rings. The fourth-order valence-corrected chi connectivity index (χ4v) is 1.54. The number of nitriles is 1. The van der Waals surface area contributed by atoms with Crippen molar-refractivity contribution >= 4 is 11.4 Å². The van der Waals surface area contributed by atoms with Crippen LogP contribution < -0.4 is 11.1 Å². The van der Waals surface area contributed by atoms with Crippen LogP contribution in [0.2, 0.25) is 0 Å².